The molecule has 0 unspecified atom stereocenters. The standard InChI is InChI=1S/C36H53ClO8/c1-20(38)42-19-32(7)24-10-11-33(8)25(31(24,6)17-23(43-21(2)39)28(32)44-22(3)40)16-27(37)36-26-18-30(4,5)12-14-35(26,29(41)45-36)15-13-34(33,36)9/h23-28H,10-19H2,1-9H3/t23-,24-,25-,26-,27+,28+,31+,32-,33-,34+,35+,36-/m1/s1. The largest absolute Gasteiger partial charge is 0.465 e. The lowest BCUT2D eigenvalue weighted by Crippen LogP contribution is -2.76. The highest BCUT2D eigenvalue weighted by Crippen LogP contribution is 2.81. The Hall–Kier alpha value is -1.83. The molecule has 0 amide bonds. The van der Waals surface area contributed by atoms with Crippen LogP contribution in [-0.4, -0.2) is 53.7 Å². The molecule has 2 bridgehead atoms. The molecule has 6 rings (SSSR count). The van der Waals surface area contributed by atoms with Crippen molar-refractivity contribution < 1.29 is 38.1 Å². The van der Waals surface area contributed by atoms with Gasteiger partial charge in [0.15, 0.2) is 0 Å². The number of carbonyl (C=O) groups excluding carboxylic acids is 4. The maximum absolute atomic E-state index is 14.0. The second-order valence-corrected chi connectivity index (χ2v) is 18.1. The van der Waals surface area contributed by atoms with Crippen LogP contribution in [0.25, 0.3) is 0 Å². The number of alkyl halides is 1. The predicted octanol–water partition coefficient (Wildman–Crippen LogP) is 6.78. The van der Waals surface area contributed by atoms with E-state index in [0.29, 0.717) is 12.8 Å². The minimum Gasteiger partial charge on any atom is -0.465 e. The van der Waals surface area contributed by atoms with Gasteiger partial charge in [-0.05, 0) is 85.9 Å². The molecule has 5 saturated carbocycles. The molecule has 6 fully saturated rings. The van der Waals surface area contributed by atoms with Gasteiger partial charge in [0.2, 0.25) is 0 Å². The van der Waals surface area contributed by atoms with E-state index >= 15 is 0 Å². The first-order valence-corrected chi connectivity index (χ1v) is 17.5. The first kappa shape index (κ1) is 33.1. The zero-order valence-corrected chi connectivity index (χ0v) is 29.4. The van der Waals surface area contributed by atoms with Crippen LogP contribution in [0.4, 0.5) is 0 Å². The van der Waals surface area contributed by atoms with E-state index in [1.165, 1.54) is 20.8 Å². The fraction of sp³-hybridized carbons (Fsp3) is 0.889. The number of fused-ring (bicyclic) bond motifs is 4. The van der Waals surface area contributed by atoms with Crippen LogP contribution in [0.1, 0.15) is 120 Å². The van der Waals surface area contributed by atoms with Crippen LogP contribution in [0.2, 0.25) is 0 Å². The molecule has 12 atom stereocenters. The Morgan fingerprint density at radius 2 is 1.47 bits per heavy atom. The molecule has 9 heteroatoms. The molecule has 252 valence electrons. The van der Waals surface area contributed by atoms with Gasteiger partial charge in [0.05, 0.1) is 10.8 Å². The van der Waals surface area contributed by atoms with E-state index in [4.69, 9.17) is 30.5 Å². The monoisotopic (exact) mass is 648 g/mol. The van der Waals surface area contributed by atoms with Crippen molar-refractivity contribution in [1.29, 1.82) is 0 Å². The number of esters is 4. The third-order valence-corrected chi connectivity index (χ3v) is 15.4. The summed E-state index contributed by atoms with van der Waals surface area (Å²) in [6.07, 6.45) is 5.86. The van der Waals surface area contributed by atoms with E-state index in [2.05, 4.69) is 34.6 Å². The Bertz CT molecular complexity index is 1310. The molecule has 1 spiro atoms. The van der Waals surface area contributed by atoms with Gasteiger partial charge >= 0.3 is 23.9 Å². The molecule has 1 saturated heterocycles. The summed E-state index contributed by atoms with van der Waals surface area (Å²) in [7, 11) is 0. The van der Waals surface area contributed by atoms with Gasteiger partial charge in [-0.2, -0.15) is 0 Å². The quantitative estimate of drug-likeness (QED) is 0.187. The average molecular weight is 649 g/mol. The molecular formula is C36H53ClO8. The Labute approximate surface area is 273 Å². The maximum atomic E-state index is 14.0. The zero-order chi connectivity index (χ0) is 33.2. The lowest BCUT2D eigenvalue weighted by Gasteiger charge is -2.75. The van der Waals surface area contributed by atoms with E-state index in [0.717, 1.165) is 44.9 Å². The Kier molecular flexibility index (Phi) is 7.42. The lowest BCUT2D eigenvalue weighted by atomic mass is 9.30. The molecule has 0 aromatic carbocycles. The molecular weight excluding hydrogens is 596 g/mol. The lowest BCUT2D eigenvalue weighted by molar-refractivity contribution is -0.298. The first-order valence-electron chi connectivity index (χ1n) is 17.1. The van der Waals surface area contributed by atoms with Gasteiger partial charge < -0.3 is 18.9 Å². The molecule has 45 heavy (non-hydrogen) atoms. The van der Waals surface area contributed by atoms with Gasteiger partial charge in [-0.3, -0.25) is 19.2 Å². The Morgan fingerprint density at radius 3 is 2.09 bits per heavy atom. The van der Waals surface area contributed by atoms with Gasteiger partial charge in [0, 0.05) is 37.5 Å². The molecule has 0 aromatic rings. The van der Waals surface area contributed by atoms with Crippen LogP contribution in [-0.2, 0) is 38.1 Å². The number of hydrogen-bond donors (Lipinski definition) is 0. The fourth-order valence-electron chi connectivity index (χ4n) is 12.8. The summed E-state index contributed by atoms with van der Waals surface area (Å²) in [5, 5.41) is -0.376. The first-order chi connectivity index (χ1) is 20.7. The van der Waals surface area contributed by atoms with Crippen molar-refractivity contribution in [2.75, 3.05) is 6.61 Å². The summed E-state index contributed by atoms with van der Waals surface area (Å²) in [5.74, 6) is -1.20. The summed E-state index contributed by atoms with van der Waals surface area (Å²) < 4.78 is 24.5. The van der Waals surface area contributed by atoms with Crippen molar-refractivity contribution in [3.8, 4) is 0 Å². The molecule has 1 aliphatic heterocycles. The van der Waals surface area contributed by atoms with Crippen molar-refractivity contribution in [2.45, 2.75) is 143 Å². The van der Waals surface area contributed by atoms with Gasteiger partial charge in [-0.1, -0.05) is 41.5 Å². The van der Waals surface area contributed by atoms with Crippen LogP contribution in [0.3, 0.4) is 0 Å². The number of rotatable bonds is 4. The second kappa shape index (κ2) is 10.1. The van der Waals surface area contributed by atoms with E-state index in [9.17, 15) is 19.2 Å². The summed E-state index contributed by atoms with van der Waals surface area (Å²) >= 11 is 7.70. The van der Waals surface area contributed by atoms with Gasteiger partial charge in [0.25, 0.3) is 0 Å². The molecule has 0 radical (unpaired) electrons. The van der Waals surface area contributed by atoms with Gasteiger partial charge in [-0.15, -0.1) is 11.6 Å². The average Bonchev–Trinajstić information content (AvgIpc) is 3.10. The second-order valence-electron chi connectivity index (χ2n) is 17.5. The van der Waals surface area contributed by atoms with E-state index in [1.54, 1.807) is 0 Å². The molecule has 0 aromatic heterocycles. The normalized spacial score (nSPS) is 50.9. The van der Waals surface area contributed by atoms with Crippen molar-refractivity contribution in [3.63, 3.8) is 0 Å². The van der Waals surface area contributed by atoms with E-state index in [1.807, 2.05) is 6.92 Å². The summed E-state index contributed by atoms with van der Waals surface area (Å²) in [4.78, 5) is 51.1. The van der Waals surface area contributed by atoms with Gasteiger partial charge in [0.1, 0.15) is 24.4 Å². The number of hydrogen-bond acceptors (Lipinski definition) is 8. The Morgan fingerprint density at radius 1 is 0.822 bits per heavy atom. The summed E-state index contributed by atoms with van der Waals surface area (Å²) in [6, 6.07) is 0. The number of carbonyl (C=O) groups is 4. The highest BCUT2D eigenvalue weighted by molar-refractivity contribution is 6.22. The van der Waals surface area contributed by atoms with Crippen LogP contribution in [0, 0.1) is 50.2 Å². The van der Waals surface area contributed by atoms with Crippen molar-refractivity contribution in [3.05, 3.63) is 0 Å². The summed E-state index contributed by atoms with van der Waals surface area (Å²) in [6.45, 7) is 17.9. The third-order valence-electron chi connectivity index (χ3n) is 14.9. The fourth-order valence-corrected chi connectivity index (χ4v) is 13.4. The van der Waals surface area contributed by atoms with Crippen LogP contribution < -0.4 is 0 Å². The van der Waals surface area contributed by atoms with Crippen molar-refractivity contribution in [2.24, 2.45) is 50.2 Å². The maximum Gasteiger partial charge on any atom is 0.313 e. The third kappa shape index (κ3) is 4.21. The molecule has 6 aliphatic rings. The molecule has 0 N–H and O–H groups in total. The van der Waals surface area contributed by atoms with Crippen LogP contribution in [0.15, 0.2) is 0 Å². The number of halogens is 1. The smallest absolute Gasteiger partial charge is 0.313 e. The topological polar surface area (TPSA) is 105 Å². The summed E-state index contributed by atoms with van der Waals surface area (Å²) in [5.41, 5.74) is -2.90. The van der Waals surface area contributed by atoms with Gasteiger partial charge in [-0.25, -0.2) is 0 Å². The molecule has 8 nitrogen and oxygen atoms in total. The SMILES string of the molecule is CC(=O)OC[C@]1(C)[C@@H]2CC[C@]3(C)[C@H](C[C@H](Cl)[C@]45OC(=O)[C@@]6(CCC(C)(C)C[C@H]64)CC[C@]53C)[C@@]2(C)C[C@@H](OC(C)=O)[C@@H]1OC(C)=O. The van der Waals surface area contributed by atoms with Crippen molar-refractivity contribution in [1.82, 2.24) is 0 Å². The van der Waals surface area contributed by atoms with E-state index in [-0.39, 0.29) is 52.0 Å². The minimum atomic E-state index is -0.807. The van der Waals surface area contributed by atoms with Crippen LogP contribution >= 0.6 is 11.6 Å². The molecule has 1 heterocycles. The highest BCUT2D eigenvalue weighted by Gasteiger charge is 2.83. The minimum absolute atomic E-state index is 0.0116. The predicted molar refractivity (Wildman–Crippen MR) is 167 cm³/mol. The van der Waals surface area contributed by atoms with E-state index < -0.39 is 52.0 Å². The van der Waals surface area contributed by atoms with Crippen LogP contribution in [0.5, 0.6) is 0 Å². The Balaban J connectivity index is 1.47. The highest BCUT2D eigenvalue weighted by atomic mass is 35.5. The number of ether oxygens (including phenoxy) is 4. The zero-order valence-electron chi connectivity index (χ0n) is 28.7. The van der Waals surface area contributed by atoms with Crippen molar-refractivity contribution >= 4 is 35.5 Å². The molecule has 5 aliphatic carbocycles.